The lowest BCUT2D eigenvalue weighted by atomic mass is 10.1. The minimum Gasteiger partial charge on any atom is -0.481 e. The van der Waals surface area contributed by atoms with Gasteiger partial charge in [-0.05, 0) is 24.8 Å². The summed E-state index contributed by atoms with van der Waals surface area (Å²) in [5.74, 6) is -0.751. The van der Waals surface area contributed by atoms with Crippen LogP contribution < -0.4 is 5.32 Å². The van der Waals surface area contributed by atoms with Crippen molar-refractivity contribution in [1.82, 2.24) is 5.32 Å². The highest BCUT2D eigenvalue weighted by Gasteiger charge is 2.18. The summed E-state index contributed by atoms with van der Waals surface area (Å²) in [7, 11) is 0. The molecular weight excluding hydrogens is 234 g/mol. The Hall–Kier alpha value is -0.870. The van der Waals surface area contributed by atoms with Gasteiger partial charge >= 0.3 is 5.97 Å². The van der Waals surface area contributed by atoms with Gasteiger partial charge in [0, 0.05) is 10.9 Å². The first-order chi connectivity index (χ1) is 8.13. The molecule has 0 saturated heterocycles. The molecule has 0 aliphatic heterocycles. The summed E-state index contributed by atoms with van der Waals surface area (Å²) in [6.07, 6.45) is 3.60. The van der Waals surface area contributed by atoms with Gasteiger partial charge in [-0.1, -0.05) is 25.8 Å². The molecule has 0 aromatic carbocycles. The van der Waals surface area contributed by atoms with Crippen molar-refractivity contribution in [2.75, 3.05) is 0 Å². The lowest BCUT2D eigenvalue weighted by molar-refractivity contribution is -0.137. The molecule has 4 heteroatoms. The summed E-state index contributed by atoms with van der Waals surface area (Å²) >= 11 is 1.61. The summed E-state index contributed by atoms with van der Waals surface area (Å²) in [5, 5.41) is 14.3. The van der Waals surface area contributed by atoms with E-state index in [1.807, 2.05) is 17.5 Å². The predicted molar refractivity (Wildman–Crippen MR) is 71.4 cm³/mol. The molecule has 0 amide bonds. The quantitative estimate of drug-likeness (QED) is 0.748. The smallest absolute Gasteiger partial charge is 0.305 e. The number of unbranched alkanes of at least 4 members (excludes halogenated alkanes) is 1. The van der Waals surface area contributed by atoms with Crippen LogP contribution in [0.5, 0.6) is 0 Å². The van der Waals surface area contributed by atoms with Crippen molar-refractivity contribution in [2.24, 2.45) is 0 Å². The summed E-state index contributed by atoms with van der Waals surface area (Å²) in [6, 6.07) is 4.27. The maximum atomic E-state index is 10.9. The standard InChI is InChI=1S/C13H21NO2S/c1-3-4-6-10(2)14-11(9-13(15)16)12-7-5-8-17-12/h5,7-8,10-11,14H,3-4,6,9H2,1-2H3,(H,15,16). The summed E-state index contributed by atoms with van der Waals surface area (Å²) < 4.78 is 0. The Kier molecular flexibility index (Phi) is 6.22. The van der Waals surface area contributed by atoms with Crippen LogP contribution in [0.25, 0.3) is 0 Å². The van der Waals surface area contributed by atoms with Gasteiger partial charge in [-0.3, -0.25) is 4.79 Å². The van der Waals surface area contributed by atoms with Crippen LogP contribution in [0.15, 0.2) is 17.5 Å². The molecule has 96 valence electrons. The molecule has 0 radical (unpaired) electrons. The number of aliphatic carboxylic acids is 1. The van der Waals surface area contributed by atoms with E-state index in [2.05, 4.69) is 19.2 Å². The molecule has 17 heavy (non-hydrogen) atoms. The fourth-order valence-electron chi connectivity index (χ4n) is 1.84. The topological polar surface area (TPSA) is 49.3 Å². The van der Waals surface area contributed by atoms with Crippen LogP contribution in [0, 0.1) is 0 Å². The van der Waals surface area contributed by atoms with E-state index in [-0.39, 0.29) is 12.5 Å². The molecule has 0 saturated carbocycles. The zero-order chi connectivity index (χ0) is 12.7. The fraction of sp³-hybridized carbons (Fsp3) is 0.615. The monoisotopic (exact) mass is 255 g/mol. The summed E-state index contributed by atoms with van der Waals surface area (Å²) in [6.45, 7) is 4.29. The molecule has 0 spiro atoms. The molecule has 1 rings (SSSR count). The largest absolute Gasteiger partial charge is 0.481 e. The van der Waals surface area contributed by atoms with Crippen molar-refractivity contribution >= 4 is 17.3 Å². The first kappa shape index (κ1) is 14.2. The van der Waals surface area contributed by atoms with E-state index in [1.54, 1.807) is 11.3 Å². The number of nitrogens with one attached hydrogen (secondary N) is 1. The maximum Gasteiger partial charge on any atom is 0.305 e. The number of hydrogen-bond donors (Lipinski definition) is 2. The third-order valence-electron chi connectivity index (χ3n) is 2.74. The van der Waals surface area contributed by atoms with Crippen molar-refractivity contribution in [3.8, 4) is 0 Å². The van der Waals surface area contributed by atoms with E-state index in [1.165, 1.54) is 12.8 Å². The van der Waals surface area contributed by atoms with Crippen molar-refractivity contribution < 1.29 is 9.90 Å². The third kappa shape index (κ3) is 5.33. The second kappa shape index (κ2) is 7.45. The van der Waals surface area contributed by atoms with Gasteiger partial charge in [0.25, 0.3) is 0 Å². The van der Waals surface area contributed by atoms with Gasteiger partial charge in [-0.2, -0.15) is 0 Å². The minimum atomic E-state index is -0.751. The number of hydrogen-bond acceptors (Lipinski definition) is 3. The summed E-state index contributed by atoms with van der Waals surface area (Å²) in [5.41, 5.74) is 0. The number of rotatable bonds is 8. The Morgan fingerprint density at radius 1 is 1.59 bits per heavy atom. The molecule has 3 nitrogen and oxygen atoms in total. The second-order valence-corrected chi connectivity index (χ2v) is 5.36. The SMILES string of the molecule is CCCCC(C)NC(CC(=O)O)c1cccs1. The molecule has 1 aromatic rings. The van der Waals surface area contributed by atoms with E-state index >= 15 is 0 Å². The zero-order valence-electron chi connectivity index (χ0n) is 10.5. The van der Waals surface area contributed by atoms with Crippen molar-refractivity contribution in [1.29, 1.82) is 0 Å². The Bertz CT molecular complexity index is 324. The van der Waals surface area contributed by atoms with Crippen molar-refractivity contribution in [3.05, 3.63) is 22.4 Å². The highest BCUT2D eigenvalue weighted by atomic mass is 32.1. The lowest BCUT2D eigenvalue weighted by Crippen LogP contribution is -2.31. The summed E-state index contributed by atoms with van der Waals surface area (Å²) in [4.78, 5) is 12.0. The van der Waals surface area contributed by atoms with Gasteiger partial charge in [0.05, 0.1) is 12.5 Å². The van der Waals surface area contributed by atoms with E-state index < -0.39 is 5.97 Å². The average molecular weight is 255 g/mol. The number of carboxylic acids is 1. The Labute approximate surface area is 107 Å². The molecule has 0 aliphatic rings. The molecule has 2 atom stereocenters. The van der Waals surface area contributed by atoms with Gasteiger partial charge in [0.1, 0.15) is 0 Å². The fourth-order valence-corrected chi connectivity index (χ4v) is 2.63. The zero-order valence-corrected chi connectivity index (χ0v) is 11.3. The number of carboxylic acid groups (broad SMARTS) is 1. The van der Waals surface area contributed by atoms with Gasteiger partial charge in [-0.25, -0.2) is 0 Å². The molecule has 1 aromatic heterocycles. The molecular formula is C13H21NO2S. The first-order valence-corrected chi connectivity index (χ1v) is 7.02. The van der Waals surface area contributed by atoms with Crippen LogP contribution in [-0.2, 0) is 4.79 Å². The van der Waals surface area contributed by atoms with E-state index in [0.717, 1.165) is 11.3 Å². The van der Waals surface area contributed by atoms with Gasteiger partial charge < -0.3 is 10.4 Å². The van der Waals surface area contributed by atoms with Crippen LogP contribution in [0.3, 0.4) is 0 Å². The van der Waals surface area contributed by atoms with Gasteiger partial charge in [0.15, 0.2) is 0 Å². The molecule has 2 unspecified atom stereocenters. The molecule has 0 aliphatic carbocycles. The molecule has 1 heterocycles. The van der Waals surface area contributed by atoms with Crippen LogP contribution in [0.4, 0.5) is 0 Å². The molecule has 0 fully saturated rings. The maximum absolute atomic E-state index is 10.9. The number of carbonyl (C=O) groups is 1. The van der Waals surface area contributed by atoms with Gasteiger partial charge in [0.2, 0.25) is 0 Å². The Morgan fingerprint density at radius 3 is 2.88 bits per heavy atom. The highest BCUT2D eigenvalue weighted by Crippen LogP contribution is 2.23. The second-order valence-electron chi connectivity index (χ2n) is 4.38. The molecule has 2 N–H and O–H groups in total. The van der Waals surface area contributed by atoms with E-state index in [0.29, 0.717) is 6.04 Å². The third-order valence-corrected chi connectivity index (χ3v) is 3.73. The normalized spacial score (nSPS) is 14.5. The van der Waals surface area contributed by atoms with Crippen LogP contribution >= 0.6 is 11.3 Å². The first-order valence-electron chi connectivity index (χ1n) is 6.14. The van der Waals surface area contributed by atoms with Gasteiger partial charge in [-0.15, -0.1) is 11.3 Å². The van der Waals surface area contributed by atoms with Crippen LogP contribution in [0.1, 0.15) is 50.4 Å². The Balaban J connectivity index is 2.55. The van der Waals surface area contributed by atoms with Crippen LogP contribution in [-0.4, -0.2) is 17.1 Å². The number of thiophene rings is 1. The van der Waals surface area contributed by atoms with Crippen LogP contribution in [0.2, 0.25) is 0 Å². The average Bonchev–Trinajstić information content (AvgIpc) is 2.78. The Morgan fingerprint density at radius 2 is 2.35 bits per heavy atom. The minimum absolute atomic E-state index is 0.0562. The van der Waals surface area contributed by atoms with Crippen molar-refractivity contribution in [3.63, 3.8) is 0 Å². The van der Waals surface area contributed by atoms with E-state index in [4.69, 9.17) is 5.11 Å². The van der Waals surface area contributed by atoms with E-state index in [9.17, 15) is 4.79 Å². The highest BCUT2D eigenvalue weighted by molar-refractivity contribution is 7.10. The lowest BCUT2D eigenvalue weighted by Gasteiger charge is -2.21. The van der Waals surface area contributed by atoms with Crippen molar-refractivity contribution in [2.45, 2.75) is 51.6 Å². The predicted octanol–water partition coefficient (Wildman–Crippen LogP) is 3.43. The molecule has 0 bridgehead atoms.